The van der Waals surface area contributed by atoms with Gasteiger partial charge in [0, 0.05) is 18.8 Å². The van der Waals surface area contributed by atoms with Crippen LogP contribution in [0.15, 0.2) is 6.07 Å². The molecule has 14 heavy (non-hydrogen) atoms. The van der Waals surface area contributed by atoms with E-state index in [1.165, 1.54) is 5.69 Å². The summed E-state index contributed by atoms with van der Waals surface area (Å²) in [6.45, 7) is 7.33. The predicted molar refractivity (Wildman–Crippen MR) is 57.2 cm³/mol. The van der Waals surface area contributed by atoms with E-state index in [2.05, 4.69) is 25.0 Å². The van der Waals surface area contributed by atoms with Crippen LogP contribution in [0.3, 0.4) is 0 Å². The summed E-state index contributed by atoms with van der Waals surface area (Å²) >= 11 is 0. The minimum Gasteiger partial charge on any atom is -0.396 e. The van der Waals surface area contributed by atoms with Gasteiger partial charge < -0.3 is 5.11 Å². The van der Waals surface area contributed by atoms with E-state index in [0.717, 1.165) is 25.1 Å². The molecule has 0 spiro atoms. The third-order valence-corrected chi connectivity index (χ3v) is 2.43. The van der Waals surface area contributed by atoms with Crippen LogP contribution in [0.25, 0.3) is 0 Å². The fraction of sp³-hybridized carbons (Fsp3) is 0.727. The van der Waals surface area contributed by atoms with Crippen molar-refractivity contribution in [1.82, 2.24) is 9.78 Å². The van der Waals surface area contributed by atoms with E-state index >= 15 is 0 Å². The molecule has 0 saturated carbocycles. The second-order valence-electron chi connectivity index (χ2n) is 3.80. The summed E-state index contributed by atoms with van der Waals surface area (Å²) in [6.07, 6.45) is 1.98. The van der Waals surface area contributed by atoms with Crippen molar-refractivity contribution in [2.24, 2.45) is 5.92 Å². The third kappa shape index (κ3) is 2.58. The highest BCUT2D eigenvalue weighted by molar-refractivity contribution is 5.10. The quantitative estimate of drug-likeness (QED) is 0.777. The Morgan fingerprint density at radius 1 is 1.43 bits per heavy atom. The lowest BCUT2D eigenvalue weighted by atomic mass is 10.2. The van der Waals surface area contributed by atoms with Crippen LogP contribution < -0.4 is 0 Å². The summed E-state index contributed by atoms with van der Waals surface area (Å²) in [5, 5.41) is 13.5. The van der Waals surface area contributed by atoms with Crippen molar-refractivity contribution in [2.75, 3.05) is 6.61 Å². The molecular formula is C11H20N2O. The Kier molecular flexibility index (Phi) is 4.14. The van der Waals surface area contributed by atoms with Crippen LogP contribution in [0.1, 0.15) is 32.2 Å². The molecule has 0 fully saturated rings. The number of rotatable bonds is 5. The normalized spacial score (nSPS) is 13.1. The monoisotopic (exact) mass is 196 g/mol. The molecule has 0 amide bonds. The zero-order valence-corrected chi connectivity index (χ0v) is 9.32. The second-order valence-corrected chi connectivity index (χ2v) is 3.80. The van der Waals surface area contributed by atoms with Crippen LogP contribution >= 0.6 is 0 Å². The van der Waals surface area contributed by atoms with Crippen molar-refractivity contribution in [2.45, 2.75) is 40.2 Å². The molecular weight excluding hydrogens is 176 g/mol. The smallest absolute Gasteiger partial charge is 0.0624 e. The van der Waals surface area contributed by atoms with Crippen LogP contribution in [0.4, 0.5) is 0 Å². The van der Waals surface area contributed by atoms with E-state index in [4.69, 9.17) is 5.11 Å². The molecule has 0 aliphatic heterocycles. The number of aromatic nitrogens is 2. The minimum absolute atomic E-state index is 0.227. The first-order valence-corrected chi connectivity index (χ1v) is 5.37. The summed E-state index contributed by atoms with van der Waals surface area (Å²) in [4.78, 5) is 0. The van der Waals surface area contributed by atoms with E-state index in [1.807, 2.05) is 11.6 Å². The van der Waals surface area contributed by atoms with E-state index in [9.17, 15) is 0 Å². The number of hydrogen-bond donors (Lipinski definition) is 1. The van der Waals surface area contributed by atoms with Crippen molar-refractivity contribution in [3.8, 4) is 0 Å². The number of hydrogen-bond acceptors (Lipinski definition) is 2. The van der Waals surface area contributed by atoms with Gasteiger partial charge in [-0.15, -0.1) is 0 Å². The van der Waals surface area contributed by atoms with E-state index in [-0.39, 0.29) is 12.5 Å². The molecule has 1 atom stereocenters. The highest BCUT2D eigenvalue weighted by Gasteiger charge is 2.08. The molecule has 1 N–H and O–H groups in total. The SMILES string of the molecule is CCc1cc(CC)n(CC(C)CO)n1. The minimum atomic E-state index is 0.227. The van der Waals surface area contributed by atoms with Crippen molar-refractivity contribution in [3.05, 3.63) is 17.5 Å². The van der Waals surface area contributed by atoms with Gasteiger partial charge in [0.1, 0.15) is 0 Å². The first-order chi connectivity index (χ1) is 6.71. The Balaban J connectivity index is 2.78. The van der Waals surface area contributed by atoms with E-state index in [1.54, 1.807) is 0 Å². The average Bonchev–Trinajstić information content (AvgIpc) is 2.60. The molecule has 3 nitrogen and oxygen atoms in total. The molecule has 0 aliphatic carbocycles. The van der Waals surface area contributed by atoms with Crippen molar-refractivity contribution >= 4 is 0 Å². The topological polar surface area (TPSA) is 38.0 Å². The van der Waals surface area contributed by atoms with Gasteiger partial charge in [-0.25, -0.2) is 0 Å². The number of nitrogens with zero attached hydrogens (tertiary/aromatic N) is 2. The second kappa shape index (κ2) is 5.15. The summed E-state index contributed by atoms with van der Waals surface area (Å²) in [6, 6.07) is 2.16. The lowest BCUT2D eigenvalue weighted by molar-refractivity contribution is 0.218. The van der Waals surface area contributed by atoms with Gasteiger partial charge in [0.25, 0.3) is 0 Å². The third-order valence-electron chi connectivity index (χ3n) is 2.43. The van der Waals surface area contributed by atoms with Crippen molar-refractivity contribution in [1.29, 1.82) is 0 Å². The molecule has 1 aromatic rings. The summed E-state index contributed by atoms with van der Waals surface area (Å²) in [7, 11) is 0. The standard InChI is InChI=1S/C11H20N2O/c1-4-10-6-11(5-2)13(12-10)7-9(3)8-14/h6,9,14H,4-5,7-8H2,1-3H3. The molecule has 0 saturated heterocycles. The van der Waals surface area contributed by atoms with Gasteiger partial charge in [-0.2, -0.15) is 5.10 Å². The fourth-order valence-electron chi connectivity index (χ4n) is 1.48. The lowest BCUT2D eigenvalue weighted by Gasteiger charge is -2.10. The van der Waals surface area contributed by atoms with Gasteiger partial charge in [-0.1, -0.05) is 20.8 Å². The molecule has 3 heteroatoms. The molecule has 1 aromatic heterocycles. The molecule has 0 aromatic carbocycles. The predicted octanol–water partition coefficient (Wildman–Crippen LogP) is 1.64. The maximum Gasteiger partial charge on any atom is 0.0624 e. The van der Waals surface area contributed by atoms with Gasteiger partial charge in [0.15, 0.2) is 0 Å². The van der Waals surface area contributed by atoms with Gasteiger partial charge >= 0.3 is 0 Å². The molecule has 1 unspecified atom stereocenters. The average molecular weight is 196 g/mol. The van der Waals surface area contributed by atoms with Gasteiger partial charge in [-0.05, 0) is 24.8 Å². The molecule has 0 bridgehead atoms. The Morgan fingerprint density at radius 3 is 2.64 bits per heavy atom. The largest absolute Gasteiger partial charge is 0.396 e. The summed E-state index contributed by atoms with van der Waals surface area (Å²) in [5.41, 5.74) is 2.41. The van der Waals surface area contributed by atoms with Crippen LogP contribution in [-0.4, -0.2) is 21.5 Å². The van der Waals surface area contributed by atoms with E-state index < -0.39 is 0 Å². The van der Waals surface area contributed by atoms with Gasteiger partial charge in [0.2, 0.25) is 0 Å². The Morgan fingerprint density at radius 2 is 2.14 bits per heavy atom. The molecule has 1 rings (SSSR count). The van der Waals surface area contributed by atoms with Crippen LogP contribution in [-0.2, 0) is 19.4 Å². The zero-order chi connectivity index (χ0) is 10.6. The first kappa shape index (κ1) is 11.2. The van der Waals surface area contributed by atoms with Gasteiger partial charge in [-0.3, -0.25) is 4.68 Å². The number of aliphatic hydroxyl groups is 1. The molecule has 0 aliphatic rings. The number of aryl methyl sites for hydroxylation is 2. The highest BCUT2D eigenvalue weighted by Crippen LogP contribution is 2.09. The highest BCUT2D eigenvalue weighted by atomic mass is 16.3. The fourth-order valence-corrected chi connectivity index (χ4v) is 1.48. The lowest BCUT2D eigenvalue weighted by Crippen LogP contribution is -2.14. The first-order valence-electron chi connectivity index (χ1n) is 5.37. The summed E-state index contributed by atoms with van der Waals surface area (Å²) in [5.74, 6) is 0.282. The molecule has 0 radical (unpaired) electrons. The van der Waals surface area contributed by atoms with E-state index in [0.29, 0.717) is 0 Å². The van der Waals surface area contributed by atoms with Crippen LogP contribution in [0, 0.1) is 5.92 Å². The van der Waals surface area contributed by atoms with Crippen molar-refractivity contribution < 1.29 is 5.11 Å². The van der Waals surface area contributed by atoms with Crippen molar-refractivity contribution in [3.63, 3.8) is 0 Å². The number of aliphatic hydroxyl groups excluding tert-OH is 1. The Labute approximate surface area is 85.8 Å². The Hall–Kier alpha value is -0.830. The zero-order valence-electron chi connectivity index (χ0n) is 9.32. The summed E-state index contributed by atoms with van der Waals surface area (Å²) < 4.78 is 2.03. The Bertz CT molecular complexity index is 281. The van der Waals surface area contributed by atoms with Crippen LogP contribution in [0.5, 0.6) is 0 Å². The maximum absolute atomic E-state index is 8.98. The van der Waals surface area contributed by atoms with Gasteiger partial charge in [0.05, 0.1) is 5.69 Å². The maximum atomic E-state index is 8.98. The van der Waals surface area contributed by atoms with Crippen LogP contribution in [0.2, 0.25) is 0 Å². The molecule has 80 valence electrons. The molecule has 1 heterocycles.